The van der Waals surface area contributed by atoms with E-state index >= 15 is 0 Å². The van der Waals surface area contributed by atoms with Gasteiger partial charge in [-0.2, -0.15) is 0 Å². The minimum absolute atomic E-state index is 0.117. The lowest BCUT2D eigenvalue weighted by molar-refractivity contribution is 0.290. The van der Waals surface area contributed by atoms with E-state index in [0.717, 1.165) is 4.47 Å². The van der Waals surface area contributed by atoms with Crippen molar-refractivity contribution in [1.82, 2.24) is 0 Å². The fraction of sp³-hybridized carbons (Fsp3) is 0.0769. The van der Waals surface area contributed by atoms with Gasteiger partial charge in [-0.3, -0.25) is 0 Å². The maximum atomic E-state index is 13.5. The first-order valence-electron chi connectivity index (χ1n) is 5.08. The molecule has 2 aromatic carbocycles. The summed E-state index contributed by atoms with van der Waals surface area (Å²) < 4.78 is 19.6. The highest BCUT2D eigenvalue weighted by Crippen LogP contribution is 2.28. The zero-order valence-electron chi connectivity index (χ0n) is 9.09. The molecule has 2 aromatic rings. The lowest BCUT2D eigenvalue weighted by Gasteiger charge is -2.10. The number of hydrogen-bond acceptors (Lipinski definition) is 1. The van der Waals surface area contributed by atoms with E-state index in [2.05, 4.69) is 15.9 Å². The van der Waals surface area contributed by atoms with Gasteiger partial charge in [0.05, 0.1) is 0 Å². The first-order chi connectivity index (χ1) is 8.58. The van der Waals surface area contributed by atoms with E-state index < -0.39 is 5.82 Å². The molecule has 0 aliphatic carbocycles. The molecule has 5 heteroatoms. The van der Waals surface area contributed by atoms with Crippen molar-refractivity contribution < 1.29 is 9.13 Å². The summed E-state index contributed by atoms with van der Waals surface area (Å²) in [4.78, 5) is 0. The first kappa shape index (κ1) is 13.7. The van der Waals surface area contributed by atoms with Crippen LogP contribution in [-0.2, 0) is 6.61 Å². The molecule has 0 amide bonds. The summed E-state index contributed by atoms with van der Waals surface area (Å²) in [6.45, 7) is 0.117. The smallest absolute Gasteiger partial charge is 0.165 e. The van der Waals surface area contributed by atoms with Crippen molar-refractivity contribution in [2.24, 2.45) is 0 Å². The van der Waals surface area contributed by atoms with Crippen LogP contribution in [-0.4, -0.2) is 0 Å². The van der Waals surface area contributed by atoms with Crippen LogP contribution in [0.2, 0.25) is 10.0 Å². The molecule has 0 heterocycles. The van der Waals surface area contributed by atoms with Crippen LogP contribution >= 0.6 is 39.1 Å². The Balaban J connectivity index is 2.19. The van der Waals surface area contributed by atoms with Crippen molar-refractivity contribution in [1.29, 1.82) is 0 Å². The van der Waals surface area contributed by atoms with Crippen LogP contribution in [0.3, 0.4) is 0 Å². The standard InChI is InChI=1S/C13H8BrCl2FO/c14-8-4-5-12(17)13(6-8)18-7-9-10(15)2-1-3-11(9)16/h1-6H,7H2. The molecule has 0 aliphatic heterocycles. The molecule has 0 aromatic heterocycles. The average molecular weight is 350 g/mol. The summed E-state index contributed by atoms with van der Waals surface area (Å²) in [6, 6.07) is 9.65. The molecule has 0 atom stereocenters. The molecule has 0 saturated carbocycles. The van der Waals surface area contributed by atoms with Crippen molar-refractivity contribution in [3.05, 3.63) is 62.3 Å². The Hall–Kier alpha value is -0.770. The predicted octanol–water partition coefficient (Wildman–Crippen LogP) is 5.47. The van der Waals surface area contributed by atoms with Gasteiger partial charge in [0.2, 0.25) is 0 Å². The van der Waals surface area contributed by atoms with Crippen LogP contribution in [0.25, 0.3) is 0 Å². The first-order valence-corrected chi connectivity index (χ1v) is 6.63. The highest BCUT2D eigenvalue weighted by atomic mass is 79.9. The average Bonchev–Trinajstić information content (AvgIpc) is 2.33. The minimum atomic E-state index is -0.429. The number of rotatable bonds is 3. The molecule has 0 aliphatic rings. The number of ether oxygens (including phenoxy) is 1. The summed E-state index contributed by atoms with van der Waals surface area (Å²) in [7, 11) is 0. The molecule has 0 N–H and O–H groups in total. The second-order valence-electron chi connectivity index (χ2n) is 3.56. The Bertz CT molecular complexity index is 555. The maximum Gasteiger partial charge on any atom is 0.165 e. The van der Waals surface area contributed by atoms with E-state index in [-0.39, 0.29) is 12.4 Å². The van der Waals surface area contributed by atoms with E-state index in [1.54, 1.807) is 30.3 Å². The Morgan fingerprint density at radius 1 is 1.11 bits per heavy atom. The minimum Gasteiger partial charge on any atom is -0.486 e. The monoisotopic (exact) mass is 348 g/mol. The van der Waals surface area contributed by atoms with Gasteiger partial charge in [-0.1, -0.05) is 45.2 Å². The molecule has 0 unspecified atom stereocenters. The summed E-state index contributed by atoms with van der Waals surface area (Å²) in [6.07, 6.45) is 0. The maximum absolute atomic E-state index is 13.5. The third kappa shape index (κ3) is 3.16. The molecule has 2 rings (SSSR count). The normalized spacial score (nSPS) is 10.4. The summed E-state index contributed by atoms with van der Waals surface area (Å²) in [5.74, 6) is -0.276. The quantitative estimate of drug-likeness (QED) is 0.713. The Kier molecular flexibility index (Phi) is 4.49. The van der Waals surface area contributed by atoms with Crippen LogP contribution in [0.15, 0.2) is 40.9 Å². The van der Waals surface area contributed by atoms with Gasteiger partial charge in [-0.25, -0.2) is 4.39 Å². The zero-order chi connectivity index (χ0) is 13.1. The highest BCUT2D eigenvalue weighted by Gasteiger charge is 2.09. The third-order valence-electron chi connectivity index (χ3n) is 2.33. The molecule has 0 fully saturated rings. The number of halogens is 4. The van der Waals surface area contributed by atoms with Gasteiger partial charge >= 0.3 is 0 Å². The molecule has 94 valence electrons. The second-order valence-corrected chi connectivity index (χ2v) is 5.29. The number of benzene rings is 2. The molecule has 0 radical (unpaired) electrons. The predicted molar refractivity (Wildman–Crippen MR) is 74.9 cm³/mol. The Labute approximate surface area is 123 Å². The van der Waals surface area contributed by atoms with Gasteiger partial charge in [0.15, 0.2) is 11.6 Å². The van der Waals surface area contributed by atoms with Gasteiger partial charge < -0.3 is 4.74 Å². The fourth-order valence-electron chi connectivity index (χ4n) is 1.41. The topological polar surface area (TPSA) is 9.23 Å². The third-order valence-corrected chi connectivity index (χ3v) is 3.53. The van der Waals surface area contributed by atoms with Crippen molar-refractivity contribution in [2.75, 3.05) is 0 Å². The van der Waals surface area contributed by atoms with Gasteiger partial charge in [-0.15, -0.1) is 0 Å². The molecule has 0 saturated heterocycles. The molecule has 0 bridgehead atoms. The Morgan fingerprint density at radius 3 is 2.44 bits per heavy atom. The van der Waals surface area contributed by atoms with Crippen LogP contribution in [0.4, 0.5) is 4.39 Å². The van der Waals surface area contributed by atoms with E-state index in [1.807, 2.05) is 0 Å². The Morgan fingerprint density at radius 2 is 1.78 bits per heavy atom. The van der Waals surface area contributed by atoms with Crippen molar-refractivity contribution >= 4 is 39.1 Å². The molecule has 1 nitrogen and oxygen atoms in total. The summed E-state index contributed by atoms with van der Waals surface area (Å²) >= 11 is 15.3. The van der Waals surface area contributed by atoms with Crippen LogP contribution in [0.1, 0.15) is 5.56 Å². The lowest BCUT2D eigenvalue weighted by Crippen LogP contribution is -1.99. The van der Waals surface area contributed by atoms with Crippen molar-refractivity contribution in [3.8, 4) is 5.75 Å². The highest BCUT2D eigenvalue weighted by molar-refractivity contribution is 9.10. The molecule has 0 spiro atoms. The van der Waals surface area contributed by atoms with E-state index in [1.165, 1.54) is 6.07 Å². The van der Waals surface area contributed by atoms with Gasteiger partial charge in [0, 0.05) is 20.1 Å². The van der Waals surface area contributed by atoms with E-state index in [0.29, 0.717) is 15.6 Å². The zero-order valence-corrected chi connectivity index (χ0v) is 12.2. The van der Waals surface area contributed by atoms with E-state index in [4.69, 9.17) is 27.9 Å². The summed E-state index contributed by atoms with van der Waals surface area (Å²) in [5, 5.41) is 0.996. The van der Waals surface area contributed by atoms with Crippen LogP contribution in [0, 0.1) is 5.82 Å². The van der Waals surface area contributed by atoms with Crippen molar-refractivity contribution in [2.45, 2.75) is 6.61 Å². The van der Waals surface area contributed by atoms with Crippen molar-refractivity contribution in [3.63, 3.8) is 0 Å². The SMILES string of the molecule is Fc1ccc(Br)cc1OCc1c(Cl)cccc1Cl. The molecular formula is C13H8BrCl2FO. The lowest BCUT2D eigenvalue weighted by atomic mass is 10.2. The molecule has 18 heavy (non-hydrogen) atoms. The summed E-state index contributed by atoms with van der Waals surface area (Å²) in [5.41, 5.74) is 0.639. The van der Waals surface area contributed by atoms with E-state index in [9.17, 15) is 4.39 Å². The fourth-order valence-corrected chi connectivity index (χ4v) is 2.25. The van der Waals surface area contributed by atoms with Crippen LogP contribution < -0.4 is 4.74 Å². The van der Waals surface area contributed by atoms with Crippen LogP contribution in [0.5, 0.6) is 5.75 Å². The number of hydrogen-bond donors (Lipinski definition) is 0. The van der Waals surface area contributed by atoms with Gasteiger partial charge in [-0.05, 0) is 30.3 Å². The molecular weight excluding hydrogens is 342 g/mol. The largest absolute Gasteiger partial charge is 0.486 e. The van der Waals surface area contributed by atoms with Gasteiger partial charge in [0.1, 0.15) is 6.61 Å². The second kappa shape index (κ2) is 5.91. The van der Waals surface area contributed by atoms with Gasteiger partial charge in [0.25, 0.3) is 0 Å².